The van der Waals surface area contributed by atoms with Crippen molar-refractivity contribution in [3.05, 3.63) is 54.4 Å². The van der Waals surface area contributed by atoms with E-state index in [1.54, 1.807) is 19.5 Å². The summed E-state index contributed by atoms with van der Waals surface area (Å²) in [4.78, 5) is 4.11. The molecular formula is C14H14N4OS. The molecule has 1 heterocycles. The highest BCUT2D eigenvalue weighted by Crippen LogP contribution is 2.16. The van der Waals surface area contributed by atoms with Crippen LogP contribution in [0.15, 0.2) is 53.8 Å². The van der Waals surface area contributed by atoms with E-state index in [0.717, 1.165) is 17.1 Å². The van der Waals surface area contributed by atoms with E-state index in [-0.39, 0.29) is 0 Å². The minimum absolute atomic E-state index is 0.394. The van der Waals surface area contributed by atoms with Gasteiger partial charge in [-0.25, -0.2) is 0 Å². The molecule has 1 aromatic heterocycles. The minimum Gasteiger partial charge on any atom is -0.497 e. The first kappa shape index (κ1) is 14.0. The number of rotatable bonds is 4. The number of nitrogens with one attached hydrogen (secondary N) is 2. The van der Waals surface area contributed by atoms with Gasteiger partial charge in [-0.05, 0) is 36.5 Å². The van der Waals surface area contributed by atoms with E-state index < -0.39 is 0 Å². The molecule has 0 atom stereocenters. The second kappa shape index (κ2) is 7.20. The van der Waals surface area contributed by atoms with Gasteiger partial charge >= 0.3 is 0 Å². The number of hydrazone groups is 1. The molecule has 0 bridgehead atoms. The quantitative estimate of drug-likeness (QED) is 0.513. The van der Waals surface area contributed by atoms with Crippen molar-refractivity contribution in [2.24, 2.45) is 5.10 Å². The molecule has 0 unspecified atom stereocenters. The first-order chi connectivity index (χ1) is 9.78. The predicted molar refractivity (Wildman–Crippen MR) is 84.2 cm³/mol. The first-order valence-corrected chi connectivity index (χ1v) is 6.34. The predicted octanol–water partition coefficient (Wildman–Crippen LogP) is 2.41. The minimum atomic E-state index is 0.394. The van der Waals surface area contributed by atoms with Crippen molar-refractivity contribution in [3.8, 4) is 5.75 Å². The maximum absolute atomic E-state index is 5.13. The summed E-state index contributed by atoms with van der Waals surface area (Å²) in [6.07, 6.45) is 3.30. The van der Waals surface area contributed by atoms with E-state index >= 15 is 0 Å². The van der Waals surface area contributed by atoms with Gasteiger partial charge in [0, 0.05) is 18.0 Å². The number of hydrogen-bond acceptors (Lipinski definition) is 4. The normalized spacial score (nSPS) is 10.2. The second-order valence-corrected chi connectivity index (χ2v) is 4.22. The molecule has 0 amide bonds. The van der Waals surface area contributed by atoms with Crippen molar-refractivity contribution in [1.29, 1.82) is 0 Å². The molecule has 0 spiro atoms. The molecule has 0 aliphatic carbocycles. The van der Waals surface area contributed by atoms with E-state index in [9.17, 15) is 0 Å². The third-order valence-corrected chi connectivity index (χ3v) is 2.57. The van der Waals surface area contributed by atoms with Gasteiger partial charge in [0.2, 0.25) is 0 Å². The van der Waals surface area contributed by atoms with Gasteiger partial charge in [-0.3, -0.25) is 10.4 Å². The molecule has 0 aliphatic heterocycles. The van der Waals surface area contributed by atoms with Crippen LogP contribution in [0.25, 0.3) is 0 Å². The van der Waals surface area contributed by atoms with Gasteiger partial charge in [-0.2, -0.15) is 5.10 Å². The Morgan fingerprint density at radius 1 is 1.30 bits per heavy atom. The van der Waals surface area contributed by atoms with Gasteiger partial charge in [0.05, 0.1) is 19.0 Å². The number of thiocarbonyl (C=S) groups is 1. The molecule has 0 saturated carbocycles. The van der Waals surface area contributed by atoms with Gasteiger partial charge in [0.1, 0.15) is 5.75 Å². The third-order valence-electron chi connectivity index (χ3n) is 2.38. The molecule has 0 fully saturated rings. The van der Waals surface area contributed by atoms with E-state index in [2.05, 4.69) is 20.8 Å². The van der Waals surface area contributed by atoms with Gasteiger partial charge in [0.25, 0.3) is 0 Å². The van der Waals surface area contributed by atoms with Crippen LogP contribution in [0.3, 0.4) is 0 Å². The number of pyridine rings is 1. The van der Waals surface area contributed by atoms with Crippen LogP contribution in [-0.2, 0) is 0 Å². The summed E-state index contributed by atoms with van der Waals surface area (Å²) < 4.78 is 5.13. The molecule has 0 radical (unpaired) electrons. The van der Waals surface area contributed by atoms with E-state index in [0.29, 0.717) is 5.11 Å². The Hall–Kier alpha value is -2.47. The SMILES string of the molecule is COc1cccc(NC(=S)N/N=C\c2ccccn2)c1. The Bertz CT molecular complexity index is 601. The van der Waals surface area contributed by atoms with Crippen molar-refractivity contribution in [1.82, 2.24) is 10.4 Å². The average Bonchev–Trinajstić information content (AvgIpc) is 2.48. The largest absolute Gasteiger partial charge is 0.497 e. The van der Waals surface area contributed by atoms with Crippen molar-refractivity contribution < 1.29 is 4.74 Å². The number of benzene rings is 1. The number of aromatic nitrogens is 1. The number of nitrogens with zero attached hydrogens (tertiary/aromatic N) is 2. The smallest absolute Gasteiger partial charge is 0.191 e. The van der Waals surface area contributed by atoms with Gasteiger partial charge < -0.3 is 10.1 Å². The van der Waals surface area contributed by atoms with Crippen molar-refractivity contribution in [2.45, 2.75) is 0 Å². The first-order valence-electron chi connectivity index (χ1n) is 5.93. The topological polar surface area (TPSA) is 58.5 Å². The lowest BCUT2D eigenvalue weighted by Gasteiger charge is -2.08. The Morgan fingerprint density at radius 3 is 2.95 bits per heavy atom. The Kier molecular flexibility index (Phi) is 5.02. The molecule has 5 nitrogen and oxygen atoms in total. The highest BCUT2D eigenvalue weighted by Gasteiger charge is 1.97. The van der Waals surface area contributed by atoms with Crippen LogP contribution in [0, 0.1) is 0 Å². The molecular weight excluding hydrogens is 272 g/mol. The molecule has 1 aromatic carbocycles. The lowest BCUT2D eigenvalue weighted by Crippen LogP contribution is -2.23. The average molecular weight is 286 g/mol. The summed E-state index contributed by atoms with van der Waals surface area (Å²) in [6.45, 7) is 0. The highest BCUT2D eigenvalue weighted by molar-refractivity contribution is 7.80. The lowest BCUT2D eigenvalue weighted by molar-refractivity contribution is 0.415. The summed E-state index contributed by atoms with van der Waals surface area (Å²) in [6, 6.07) is 13.1. The standard InChI is InChI=1S/C14H14N4OS/c1-19-13-7-4-6-11(9-13)17-14(20)18-16-10-12-5-2-3-8-15-12/h2-10H,1H3,(H2,17,18,20)/b16-10-. The lowest BCUT2D eigenvalue weighted by atomic mass is 10.3. The zero-order valence-corrected chi connectivity index (χ0v) is 11.7. The van der Waals surface area contributed by atoms with Crippen LogP contribution in [0.4, 0.5) is 5.69 Å². The van der Waals surface area contributed by atoms with Crippen molar-refractivity contribution >= 4 is 29.2 Å². The van der Waals surface area contributed by atoms with Crippen LogP contribution in [-0.4, -0.2) is 23.4 Å². The Morgan fingerprint density at radius 2 is 2.20 bits per heavy atom. The zero-order valence-electron chi connectivity index (χ0n) is 10.9. The summed E-state index contributed by atoms with van der Waals surface area (Å²) in [5.41, 5.74) is 4.31. The summed E-state index contributed by atoms with van der Waals surface area (Å²) >= 11 is 5.13. The van der Waals surface area contributed by atoms with Gasteiger partial charge in [-0.15, -0.1) is 0 Å². The summed E-state index contributed by atoms with van der Waals surface area (Å²) in [7, 11) is 1.62. The molecule has 102 valence electrons. The van der Waals surface area contributed by atoms with Crippen LogP contribution in [0.5, 0.6) is 5.75 Å². The molecule has 6 heteroatoms. The fraction of sp³-hybridized carbons (Fsp3) is 0.0714. The third kappa shape index (κ3) is 4.33. The fourth-order valence-corrected chi connectivity index (χ4v) is 1.64. The molecule has 2 N–H and O–H groups in total. The maximum atomic E-state index is 5.13. The molecule has 2 rings (SSSR count). The van der Waals surface area contributed by atoms with Gasteiger partial charge in [-0.1, -0.05) is 12.1 Å². The van der Waals surface area contributed by atoms with Crippen LogP contribution < -0.4 is 15.5 Å². The number of anilines is 1. The number of methoxy groups -OCH3 is 1. The summed E-state index contributed by atoms with van der Waals surface area (Å²) in [5.74, 6) is 0.759. The van der Waals surface area contributed by atoms with Crippen LogP contribution in [0.2, 0.25) is 0 Å². The van der Waals surface area contributed by atoms with E-state index in [4.69, 9.17) is 17.0 Å². The highest BCUT2D eigenvalue weighted by atomic mass is 32.1. The van der Waals surface area contributed by atoms with Crippen LogP contribution >= 0.6 is 12.2 Å². The molecule has 20 heavy (non-hydrogen) atoms. The Balaban J connectivity index is 1.88. The van der Waals surface area contributed by atoms with Gasteiger partial charge in [0.15, 0.2) is 5.11 Å². The van der Waals surface area contributed by atoms with E-state index in [1.807, 2.05) is 42.5 Å². The summed E-state index contributed by atoms with van der Waals surface area (Å²) in [5, 5.41) is 7.41. The van der Waals surface area contributed by atoms with Crippen LogP contribution in [0.1, 0.15) is 5.69 Å². The second-order valence-electron chi connectivity index (χ2n) is 3.81. The number of ether oxygens (including phenoxy) is 1. The molecule has 0 aliphatic rings. The van der Waals surface area contributed by atoms with Crippen molar-refractivity contribution in [3.63, 3.8) is 0 Å². The van der Waals surface area contributed by atoms with E-state index in [1.165, 1.54) is 0 Å². The molecule has 2 aromatic rings. The monoisotopic (exact) mass is 286 g/mol. The Labute approximate surface area is 122 Å². The fourth-order valence-electron chi connectivity index (χ4n) is 1.47. The molecule has 0 saturated heterocycles. The number of hydrogen-bond donors (Lipinski definition) is 2. The maximum Gasteiger partial charge on any atom is 0.191 e. The zero-order chi connectivity index (χ0) is 14.2. The van der Waals surface area contributed by atoms with Crippen molar-refractivity contribution in [2.75, 3.05) is 12.4 Å².